The Labute approximate surface area is 281 Å². The monoisotopic (exact) mass is 626 g/mol. The van der Waals surface area contributed by atoms with E-state index in [1.807, 2.05) is 66.7 Å². The van der Waals surface area contributed by atoms with Crippen molar-refractivity contribution < 1.29 is 4.42 Å². The second kappa shape index (κ2) is 10.9. The molecule has 0 bridgehead atoms. The van der Waals surface area contributed by atoms with Crippen LogP contribution in [0.3, 0.4) is 0 Å². The molecule has 228 valence electrons. The van der Waals surface area contributed by atoms with Crippen LogP contribution in [0.1, 0.15) is 0 Å². The number of rotatable bonds is 4. The van der Waals surface area contributed by atoms with Crippen molar-refractivity contribution in [2.24, 2.45) is 0 Å². The van der Waals surface area contributed by atoms with Crippen molar-refractivity contribution in [3.63, 3.8) is 0 Å². The largest absolute Gasteiger partial charge is 0.456 e. The molecule has 10 aromatic rings. The third kappa shape index (κ3) is 4.63. The van der Waals surface area contributed by atoms with E-state index in [2.05, 4.69) is 91.0 Å². The molecule has 0 saturated carbocycles. The maximum atomic E-state index is 6.11. The fourth-order valence-electron chi connectivity index (χ4n) is 6.78. The summed E-state index contributed by atoms with van der Waals surface area (Å²) in [4.78, 5) is 20.8. The molecule has 0 atom stereocenters. The Bertz CT molecular complexity index is 2880. The summed E-state index contributed by atoms with van der Waals surface area (Å²) < 4.78 is 6.11. The van der Waals surface area contributed by atoms with E-state index in [9.17, 15) is 0 Å². The maximum Gasteiger partial charge on any atom is 0.135 e. The van der Waals surface area contributed by atoms with Gasteiger partial charge < -0.3 is 4.42 Å². The lowest BCUT2D eigenvalue weighted by atomic mass is 10.0. The number of pyridine rings is 2. The van der Waals surface area contributed by atoms with Gasteiger partial charge in [0, 0.05) is 43.8 Å². The summed E-state index contributed by atoms with van der Waals surface area (Å²) in [5, 5.41) is 4.25. The van der Waals surface area contributed by atoms with Gasteiger partial charge >= 0.3 is 0 Å². The summed E-state index contributed by atoms with van der Waals surface area (Å²) in [7, 11) is 0. The third-order valence-corrected chi connectivity index (χ3v) is 9.25. The second-order valence-electron chi connectivity index (χ2n) is 12.3. The van der Waals surface area contributed by atoms with E-state index in [4.69, 9.17) is 24.4 Å². The van der Waals surface area contributed by atoms with E-state index in [-0.39, 0.29) is 0 Å². The van der Waals surface area contributed by atoms with Crippen LogP contribution in [-0.2, 0) is 0 Å². The van der Waals surface area contributed by atoms with Gasteiger partial charge in [-0.1, -0.05) is 109 Å². The van der Waals surface area contributed by atoms with Gasteiger partial charge in [-0.15, -0.1) is 0 Å². The molecule has 0 fully saturated rings. The molecule has 0 spiro atoms. The summed E-state index contributed by atoms with van der Waals surface area (Å²) in [6, 6.07) is 53.8. The van der Waals surface area contributed by atoms with Crippen molar-refractivity contribution >= 4 is 54.8 Å². The van der Waals surface area contributed by atoms with Crippen LogP contribution in [0.2, 0.25) is 0 Å². The van der Waals surface area contributed by atoms with Gasteiger partial charge in [0.25, 0.3) is 0 Å². The summed E-state index contributed by atoms with van der Waals surface area (Å²) in [6.07, 6.45) is 0. The number of hydrogen-bond acceptors (Lipinski definition) is 5. The van der Waals surface area contributed by atoms with E-state index in [1.54, 1.807) is 0 Å². The predicted octanol–water partition coefficient (Wildman–Crippen LogP) is 11.3. The van der Waals surface area contributed by atoms with Crippen LogP contribution >= 0.6 is 0 Å². The van der Waals surface area contributed by atoms with Gasteiger partial charge in [-0.3, -0.25) is 0 Å². The minimum atomic E-state index is 0.805. The number of hydrogen-bond donors (Lipinski definition) is 0. The predicted molar refractivity (Wildman–Crippen MR) is 199 cm³/mol. The van der Waals surface area contributed by atoms with E-state index in [1.165, 1.54) is 0 Å². The van der Waals surface area contributed by atoms with Crippen molar-refractivity contribution in [1.82, 2.24) is 19.9 Å². The number of nitrogens with zero attached hydrogens (tertiary/aromatic N) is 4. The van der Waals surface area contributed by atoms with Gasteiger partial charge in [-0.25, -0.2) is 19.9 Å². The third-order valence-electron chi connectivity index (χ3n) is 9.25. The molecule has 0 aliphatic carbocycles. The lowest BCUT2D eigenvalue weighted by Crippen LogP contribution is -1.96. The molecule has 0 N–H and O–H groups in total. The molecular formula is C44H26N4O. The molecule has 0 amide bonds. The van der Waals surface area contributed by atoms with Crippen LogP contribution in [-0.4, -0.2) is 19.9 Å². The maximum absolute atomic E-state index is 6.11. The molecule has 10 rings (SSSR count). The average Bonchev–Trinajstić information content (AvgIpc) is 3.55. The second-order valence-corrected chi connectivity index (χ2v) is 12.3. The molecule has 49 heavy (non-hydrogen) atoms. The highest BCUT2D eigenvalue weighted by atomic mass is 16.3. The zero-order chi connectivity index (χ0) is 32.3. The highest BCUT2D eigenvalue weighted by Crippen LogP contribution is 2.37. The normalized spacial score (nSPS) is 11.7. The molecule has 4 aromatic heterocycles. The molecule has 0 aliphatic heterocycles. The van der Waals surface area contributed by atoms with Crippen LogP contribution in [0, 0.1) is 0 Å². The summed E-state index contributed by atoms with van der Waals surface area (Å²) >= 11 is 0. The lowest BCUT2D eigenvalue weighted by Gasteiger charge is -2.12. The van der Waals surface area contributed by atoms with Crippen molar-refractivity contribution in [2.75, 3.05) is 0 Å². The van der Waals surface area contributed by atoms with Crippen LogP contribution in [0.25, 0.3) is 99.8 Å². The van der Waals surface area contributed by atoms with Crippen LogP contribution in [0.4, 0.5) is 0 Å². The van der Waals surface area contributed by atoms with Gasteiger partial charge in [0.15, 0.2) is 0 Å². The fraction of sp³-hybridized carbons (Fsp3) is 0. The minimum absolute atomic E-state index is 0.805. The number of aromatic nitrogens is 4. The van der Waals surface area contributed by atoms with Gasteiger partial charge in [0.2, 0.25) is 0 Å². The smallest absolute Gasteiger partial charge is 0.135 e. The Morgan fingerprint density at radius 3 is 1.67 bits per heavy atom. The number of benzene rings is 6. The van der Waals surface area contributed by atoms with Crippen molar-refractivity contribution in [2.45, 2.75) is 0 Å². The molecule has 5 nitrogen and oxygen atoms in total. The van der Waals surface area contributed by atoms with E-state index in [0.717, 1.165) is 99.8 Å². The first-order chi connectivity index (χ1) is 24.2. The first-order valence-electron chi connectivity index (χ1n) is 16.3. The van der Waals surface area contributed by atoms with Gasteiger partial charge in [-0.05, 0) is 48.5 Å². The highest BCUT2D eigenvalue weighted by Gasteiger charge is 2.17. The van der Waals surface area contributed by atoms with Crippen LogP contribution in [0.5, 0.6) is 0 Å². The van der Waals surface area contributed by atoms with Crippen LogP contribution in [0.15, 0.2) is 162 Å². The Morgan fingerprint density at radius 1 is 0.347 bits per heavy atom. The molecular weight excluding hydrogens is 601 g/mol. The molecule has 0 aliphatic rings. The first-order valence-corrected chi connectivity index (χ1v) is 16.3. The summed E-state index contributed by atoms with van der Waals surface area (Å²) in [5.41, 5.74) is 12.6. The standard InChI is InChI=1S/C44H26N4O/c1-3-9-27(10-4-1)35-21-17-29-15-16-30-18-22-36(46-43(30)42(29)45-35)31-19-23-37-38(26-31)48-41(28-11-5-2-6-12-28)44(47-37)32-20-24-40-34(25-32)33-13-7-8-14-39(33)49-40/h1-26H. The molecule has 5 heteroatoms. The quantitative estimate of drug-likeness (QED) is 0.182. The van der Waals surface area contributed by atoms with Crippen molar-refractivity contribution in [1.29, 1.82) is 0 Å². The molecule has 0 saturated heterocycles. The Balaban J connectivity index is 1.13. The van der Waals surface area contributed by atoms with E-state index in [0.29, 0.717) is 0 Å². The minimum Gasteiger partial charge on any atom is -0.456 e. The van der Waals surface area contributed by atoms with Gasteiger partial charge in [-0.2, -0.15) is 0 Å². The average molecular weight is 627 g/mol. The SMILES string of the molecule is c1ccc(-c2ccc3ccc4ccc(-c5ccc6nc(-c7ccc8oc9ccccc9c8c7)c(-c7ccccc7)nc6c5)nc4c3n2)cc1. The number of para-hydroxylation sites is 1. The topological polar surface area (TPSA) is 64.7 Å². The summed E-state index contributed by atoms with van der Waals surface area (Å²) in [5.74, 6) is 0. The van der Waals surface area contributed by atoms with Crippen molar-refractivity contribution in [3.05, 3.63) is 158 Å². The van der Waals surface area contributed by atoms with Crippen molar-refractivity contribution in [3.8, 4) is 45.0 Å². The number of fused-ring (bicyclic) bond motifs is 7. The molecule has 6 aromatic carbocycles. The van der Waals surface area contributed by atoms with E-state index < -0.39 is 0 Å². The Kier molecular flexibility index (Phi) is 6.11. The number of furan rings is 1. The fourth-order valence-corrected chi connectivity index (χ4v) is 6.78. The Morgan fingerprint density at radius 2 is 0.918 bits per heavy atom. The van der Waals surface area contributed by atoms with Crippen LogP contribution < -0.4 is 0 Å². The zero-order valence-electron chi connectivity index (χ0n) is 26.2. The van der Waals surface area contributed by atoms with Gasteiger partial charge in [0.1, 0.15) is 11.2 Å². The highest BCUT2D eigenvalue weighted by molar-refractivity contribution is 6.07. The first kappa shape index (κ1) is 27.4. The van der Waals surface area contributed by atoms with Gasteiger partial charge in [0.05, 0.1) is 44.8 Å². The van der Waals surface area contributed by atoms with E-state index >= 15 is 0 Å². The lowest BCUT2D eigenvalue weighted by molar-refractivity contribution is 0.669. The summed E-state index contributed by atoms with van der Waals surface area (Å²) in [6.45, 7) is 0. The molecule has 0 unspecified atom stereocenters. The molecule has 4 heterocycles. The zero-order valence-corrected chi connectivity index (χ0v) is 26.2. The Hall–Kier alpha value is -6.72. The molecule has 0 radical (unpaired) electrons.